The van der Waals surface area contributed by atoms with Crippen molar-refractivity contribution in [2.45, 2.75) is 77.7 Å². The third-order valence-corrected chi connectivity index (χ3v) is 5.35. The van der Waals surface area contributed by atoms with Crippen LogP contribution in [0.3, 0.4) is 0 Å². The van der Waals surface area contributed by atoms with Gasteiger partial charge in [0.05, 0.1) is 6.10 Å². The van der Waals surface area contributed by atoms with Crippen LogP contribution in [-0.2, 0) is 0 Å². The molecule has 17 heavy (non-hydrogen) atoms. The predicted octanol–water partition coefficient (Wildman–Crippen LogP) is 4.39. The molecule has 2 aliphatic rings. The second-order valence-corrected chi connectivity index (χ2v) is 6.87. The lowest BCUT2D eigenvalue weighted by Crippen LogP contribution is -2.28. The van der Waals surface area contributed by atoms with Crippen LogP contribution in [0.15, 0.2) is 0 Å². The van der Waals surface area contributed by atoms with Crippen molar-refractivity contribution in [3.63, 3.8) is 0 Å². The van der Waals surface area contributed by atoms with Gasteiger partial charge in [-0.3, -0.25) is 0 Å². The molecule has 2 saturated carbocycles. The largest absolute Gasteiger partial charge is 0.393 e. The fourth-order valence-electron chi connectivity index (χ4n) is 3.98. The Labute approximate surface area is 107 Å². The van der Waals surface area contributed by atoms with Crippen LogP contribution >= 0.6 is 0 Å². The molecule has 0 aromatic carbocycles. The fraction of sp³-hybridized carbons (Fsp3) is 1.00. The molecular weight excluding hydrogens is 208 g/mol. The van der Waals surface area contributed by atoms with E-state index in [9.17, 15) is 5.11 Å². The number of aliphatic hydroxyl groups is 1. The van der Waals surface area contributed by atoms with E-state index in [2.05, 4.69) is 13.8 Å². The van der Waals surface area contributed by atoms with Gasteiger partial charge in [-0.15, -0.1) is 0 Å². The number of hydrogen-bond donors (Lipinski definition) is 1. The van der Waals surface area contributed by atoms with Crippen LogP contribution in [0.1, 0.15) is 71.6 Å². The van der Waals surface area contributed by atoms with E-state index in [1.165, 1.54) is 51.4 Å². The molecule has 1 atom stereocenters. The molecule has 0 aliphatic heterocycles. The summed E-state index contributed by atoms with van der Waals surface area (Å²) < 4.78 is 0. The molecule has 2 fully saturated rings. The third-order valence-electron chi connectivity index (χ3n) is 5.35. The molecule has 0 heterocycles. The molecule has 0 saturated heterocycles. The molecule has 1 N–H and O–H groups in total. The monoisotopic (exact) mass is 238 g/mol. The molecule has 2 aliphatic carbocycles. The van der Waals surface area contributed by atoms with Gasteiger partial charge in [0, 0.05) is 0 Å². The van der Waals surface area contributed by atoms with E-state index in [1.54, 1.807) is 0 Å². The van der Waals surface area contributed by atoms with E-state index in [4.69, 9.17) is 0 Å². The van der Waals surface area contributed by atoms with Crippen LogP contribution in [0.25, 0.3) is 0 Å². The lowest BCUT2D eigenvalue weighted by Gasteiger charge is -2.34. The highest BCUT2D eigenvalue weighted by Crippen LogP contribution is 2.37. The summed E-state index contributed by atoms with van der Waals surface area (Å²) in [5, 5.41) is 10.4. The first-order chi connectivity index (χ1) is 8.16. The summed E-state index contributed by atoms with van der Waals surface area (Å²) in [6.45, 7) is 4.69. The van der Waals surface area contributed by atoms with Gasteiger partial charge in [-0.1, -0.05) is 39.5 Å². The zero-order valence-corrected chi connectivity index (χ0v) is 11.7. The Morgan fingerprint density at radius 2 is 1.41 bits per heavy atom. The van der Waals surface area contributed by atoms with Crippen LogP contribution < -0.4 is 0 Å². The van der Waals surface area contributed by atoms with Gasteiger partial charge >= 0.3 is 0 Å². The highest BCUT2D eigenvalue weighted by atomic mass is 16.3. The topological polar surface area (TPSA) is 20.2 Å². The summed E-state index contributed by atoms with van der Waals surface area (Å²) in [5.74, 6) is 3.21. The van der Waals surface area contributed by atoms with Gasteiger partial charge < -0.3 is 5.11 Å². The molecule has 1 heteroatoms. The minimum atomic E-state index is 0.00575. The summed E-state index contributed by atoms with van der Waals surface area (Å²) in [6, 6.07) is 0. The molecule has 0 bridgehead atoms. The van der Waals surface area contributed by atoms with E-state index < -0.39 is 0 Å². The molecule has 0 spiro atoms. The van der Waals surface area contributed by atoms with Crippen LogP contribution in [0, 0.1) is 23.7 Å². The van der Waals surface area contributed by atoms with Crippen molar-refractivity contribution in [3.05, 3.63) is 0 Å². The average Bonchev–Trinajstić information content (AvgIpc) is 2.82. The minimum Gasteiger partial charge on any atom is -0.393 e. The van der Waals surface area contributed by atoms with E-state index in [1.807, 2.05) is 0 Å². The Morgan fingerprint density at radius 1 is 0.882 bits per heavy atom. The molecule has 100 valence electrons. The normalized spacial score (nSPS) is 33.2. The van der Waals surface area contributed by atoms with Gasteiger partial charge in [0.1, 0.15) is 0 Å². The SMILES string of the molecule is CC(C)C1CCC(C(O)CC2CCCC2)CC1. The van der Waals surface area contributed by atoms with Crippen LogP contribution in [0.4, 0.5) is 0 Å². The maximum absolute atomic E-state index is 10.4. The molecule has 1 nitrogen and oxygen atoms in total. The lowest BCUT2D eigenvalue weighted by molar-refractivity contribution is 0.0487. The van der Waals surface area contributed by atoms with Gasteiger partial charge in [-0.2, -0.15) is 0 Å². The standard InChI is InChI=1S/C16H30O/c1-12(2)14-7-9-15(10-8-14)16(17)11-13-5-3-4-6-13/h12-17H,3-11H2,1-2H3. The first-order valence-electron chi connectivity index (χ1n) is 7.85. The number of rotatable bonds is 4. The second kappa shape index (κ2) is 6.22. The van der Waals surface area contributed by atoms with Gasteiger partial charge in [0.25, 0.3) is 0 Å². The third kappa shape index (κ3) is 3.71. The summed E-state index contributed by atoms with van der Waals surface area (Å²) in [6.07, 6.45) is 11.9. The van der Waals surface area contributed by atoms with E-state index in [0.717, 1.165) is 24.2 Å². The second-order valence-electron chi connectivity index (χ2n) is 6.87. The molecule has 1 unspecified atom stereocenters. The van der Waals surface area contributed by atoms with Crippen molar-refractivity contribution < 1.29 is 5.11 Å². The maximum Gasteiger partial charge on any atom is 0.0571 e. The van der Waals surface area contributed by atoms with E-state index in [-0.39, 0.29) is 6.10 Å². The zero-order valence-electron chi connectivity index (χ0n) is 11.7. The van der Waals surface area contributed by atoms with Crippen LogP contribution in [0.2, 0.25) is 0 Å². The van der Waals surface area contributed by atoms with Crippen molar-refractivity contribution in [3.8, 4) is 0 Å². The first kappa shape index (κ1) is 13.4. The molecule has 2 rings (SSSR count). The van der Waals surface area contributed by atoms with Crippen molar-refractivity contribution in [1.29, 1.82) is 0 Å². The molecule has 0 aromatic heterocycles. The Kier molecular flexibility index (Phi) is 4.90. The van der Waals surface area contributed by atoms with Crippen molar-refractivity contribution in [2.75, 3.05) is 0 Å². The Balaban J connectivity index is 1.71. The lowest BCUT2D eigenvalue weighted by atomic mass is 9.74. The van der Waals surface area contributed by atoms with Gasteiger partial charge in [-0.05, 0) is 55.8 Å². The molecule has 0 amide bonds. The van der Waals surface area contributed by atoms with Crippen LogP contribution in [0.5, 0.6) is 0 Å². The minimum absolute atomic E-state index is 0.00575. The van der Waals surface area contributed by atoms with E-state index in [0.29, 0.717) is 5.92 Å². The smallest absolute Gasteiger partial charge is 0.0571 e. The summed E-state index contributed by atoms with van der Waals surface area (Å²) in [4.78, 5) is 0. The van der Waals surface area contributed by atoms with Crippen molar-refractivity contribution >= 4 is 0 Å². The van der Waals surface area contributed by atoms with E-state index >= 15 is 0 Å². The zero-order chi connectivity index (χ0) is 12.3. The van der Waals surface area contributed by atoms with Gasteiger partial charge in [-0.25, -0.2) is 0 Å². The predicted molar refractivity (Wildman–Crippen MR) is 72.9 cm³/mol. The number of aliphatic hydroxyl groups excluding tert-OH is 1. The Morgan fingerprint density at radius 3 is 1.94 bits per heavy atom. The molecule has 0 radical (unpaired) electrons. The highest BCUT2D eigenvalue weighted by Gasteiger charge is 2.29. The Hall–Kier alpha value is -0.0400. The van der Waals surface area contributed by atoms with Crippen LogP contribution in [-0.4, -0.2) is 11.2 Å². The Bertz CT molecular complexity index is 210. The maximum atomic E-state index is 10.4. The quantitative estimate of drug-likeness (QED) is 0.770. The molecule has 0 aromatic rings. The first-order valence-corrected chi connectivity index (χ1v) is 7.85. The fourth-order valence-corrected chi connectivity index (χ4v) is 3.98. The number of hydrogen-bond acceptors (Lipinski definition) is 1. The summed E-state index contributed by atoms with van der Waals surface area (Å²) >= 11 is 0. The summed E-state index contributed by atoms with van der Waals surface area (Å²) in [7, 11) is 0. The van der Waals surface area contributed by atoms with Crippen molar-refractivity contribution in [2.24, 2.45) is 23.7 Å². The van der Waals surface area contributed by atoms with Gasteiger partial charge in [0.2, 0.25) is 0 Å². The highest BCUT2D eigenvalue weighted by molar-refractivity contribution is 4.81. The molecular formula is C16H30O. The summed E-state index contributed by atoms with van der Waals surface area (Å²) in [5.41, 5.74) is 0. The average molecular weight is 238 g/mol. The van der Waals surface area contributed by atoms with Gasteiger partial charge in [0.15, 0.2) is 0 Å². The van der Waals surface area contributed by atoms with Crippen molar-refractivity contribution in [1.82, 2.24) is 0 Å².